The Morgan fingerprint density at radius 3 is 2.80 bits per heavy atom. The summed E-state index contributed by atoms with van der Waals surface area (Å²) < 4.78 is 5.24. The number of carboxylic acid groups (broad SMARTS) is 1. The molecule has 9 nitrogen and oxygen atoms in total. The molecular formula is C11H13N3O6. The maximum absolute atomic E-state index is 12.1. The second-order valence-corrected chi connectivity index (χ2v) is 4.34. The van der Waals surface area contributed by atoms with Gasteiger partial charge >= 0.3 is 11.7 Å². The van der Waals surface area contributed by atoms with Gasteiger partial charge in [0.1, 0.15) is 5.69 Å². The molecule has 0 spiro atoms. The fourth-order valence-corrected chi connectivity index (χ4v) is 1.98. The van der Waals surface area contributed by atoms with Gasteiger partial charge in [0, 0.05) is 19.2 Å². The lowest BCUT2D eigenvalue weighted by atomic mass is 10.2. The molecule has 9 heteroatoms. The van der Waals surface area contributed by atoms with Crippen LogP contribution in [0.2, 0.25) is 0 Å². The van der Waals surface area contributed by atoms with Crippen LogP contribution in [0.25, 0.3) is 0 Å². The molecule has 0 aliphatic carbocycles. The molecule has 0 radical (unpaired) electrons. The molecule has 1 aliphatic heterocycles. The van der Waals surface area contributed by atoms with E-state index in [1.54, 1.807) is 0 Å². The highest BCUT2D eigenvalue weighted by molar-refractivity contribution is 5.92. The van der Waals surface area contributed by atoms with Gasteiger partial charge in [-0.15, -0.1) is 0 Å². The Morgan fingerprint density at radius 2 is 2.15 bits per heavy atom. The molecule has 1 amide bonds. The first-order valence-corrected chi connectivity index (χ1v) is 5.92. The lowest BCUT2D eigenvalue weighted by molar-refractivity contribution is -0.141. The van der Waals surface area contributed by atoms with Crippen LogP contribution in [0.5, 0.6) is 0 Å². The number of aliphatic carboxylic acids is 1. The van der Waals surface area contributed by atoms with E-state index in [1.807, 2.05) is 4.98 Å². The van der Waals surface area contributed by atoms with Crippen LogP contribution in [0, 0.1) is 0 Å². The van der Waals surface area contributed by atoms with Crippen LogP contribution in [0.15, 0.2) is 15.7 Å². The van der Waals surface area contributed by atoms with Crippen molar-refractivity contribution in [2.24, 2.45) is 0 Å². The number of amides is 1. The maximum atomic E-state index is 12.1. The van der Waals surface area contributed by atoms with Crippen LogP contribution in [-0.4, -0.2) is 57.7 Å². The molecule has 1 aliphatic rings. The Hall–Kier alpha value is -2.42. The number of hydrogen-bond donors (Lipinski definition) is 3. The minimum atomic E-state index is -1.02. The van der Waals surface area contributed by atoms with Crippen molar-refractivity contribution in [3.8, 4) is 0 Å². The standard InChI is InChI=1S/C11H13N3O6/c15-8-4-7(12-11(19)13-8)10(18)14-1-2-20-6(5-14)3-9(16)17/h4,6H,1-3,5H2,(H,16,17)(H2,12,13,15,19). The summed E-state index contributed by atoms with van der Waals surface area (Å²) in [6, 6.07) is 0.991. The molecule has 2 rings (SSSR count). The summed E-state index contributed by atoms with van der Waals surface area (Å²) in [6.45, 7) is 0.570. The minimum Gasteiger partial charge on any atom is -0.481 e. The van der Waals surface area contributed by atoms with E-state index in [-0.39, 0.29) is 31.8 Å². The number of carboxylic acids is 1. The second kappa shape index (κ2) is 5.70. The number of aromatic nitrogens is 2. The molecule has 1 aromatic heterocycles. The molecular weight excluding hydrogens is 270 g/mol. The SMILES string of the molecule is O=C(O)CC1CN(C(=O)c2cc(=O)[nH]c(=O)[nH]2)CCO1. The van der Waals surface area contributed by atoms with E-state index in [9.17, 15) is 19.2 Å². The summed E-state index contributed by atoms with van der Waals surface area (Å²) in [6.07, 6.45) is -0.811. The Labute approximate surface area is 112 Å². The smallest absolute Gasteiger partial charge is 0.326 e. The van der Waals surface area contributed by atoms with Crippen LogP contribution < -0.4 is 11.2 Å². The van der Waals surface area contributed by atoms with E-state index in [1.165, 1.54) is 4.90 Å². The van der Waals surface area contributed by atoms with Gasteiger partial charge in [-0.3, -0.25) is 19.4 Å². The number of ether oxygens (including phenoxy) is 1. The van der Waals surface area contributed by atoms with Gasteiger partial charge in [0.2, 0.25) is 0 Å². The van der Waals surface area contributed by atoms with Crippen molar-refractivity contribution >= 4 is 11.9 Å². The molecule has 1 unspecified atom stereocenters. The van der Waals surface area contributed by atoms with E-state index < -0.39 is 29.2 Å². The van der Waals surface area contributed by atoms with Crippen molar-refractivity contribution in [3.05, 3.63) is 32.6 Å². The molecule has 1 aromatic rings. The highest BCUT2D eigenvalue weighted by atomic mass is 16.5. The second-order valence-electron chi connectivity index (χ2n) is 4.34. The maximum Gasteiger partial charge on any atom is 0.326 e. The fraction of sp³-hybridized carbons (Fsp3) is 0.455. The minimum absolute atomic E-state index is 0.0972. The number of H-pyrrole nitrogens is 2. The largest absolute Gasteiger partial charge is 0.481 e. The number of carbonyl (C=O) groups excluding carboxylic acids is 1. The third-order valence-electron chi connectivity index (χ3n) is 2.82. The highest BCUT2D eigenvalue weighted by Crippen LogP contribution is 2.10. The quantitative estimate of drug-likeness (QED) is 0.610. The van der Waals surface area contributed by atoms with Crippen molar-refractivity contribution in [1.29, 1.82) is 0 Å². The molecule has 0 saturated carbocycles. The van der Waals surface area contributed by atoms with E-state index in [2.05, 4.69) is 4.98 Å². The summed E-state index contributed by atoms with van der Waals surface area (Å²) in [5, 5.41) is 8.70. The van der Waals surface area contributed by atoms with Crippen LogP contribution in [0.3, 0.4) is 0 Å². The number of morpholine rings is 1. The third kappa shape index (κ3) is 3.32. The van der Waals surface area contributed by atoms with E-state index in [0.717, 1.165) is 6.07 Å². The number of hydrogen-bond acceptors (Lipinski definition) is 5. The lowest BCUT2D eigenvalue weighted by Crippen LogP contribution is -2.47. The zero-order chi connectivity index (χ0) is 14.7. The average Bonchev–Trinajstić information content (AvgIpc) is 2.36. The Kier molecular flexibility index (Phi) is 3.99. The van der Waals surface area contributed by atoms with Crippen LogP contribution in [0.1, 0.15) is 16.9 Å². The first-order valence-electron chi connectivity index (χ1n) is 5.92. The molecule has 108 valence electrons. The molecule has 0 aromatic carbocycles. The third-order valence-corrected chi connectivity index (χ3v) is 2.82. The van der Waals surface area contributed by atoms with Crippen molar-refractivity contribution < 1.29 is 19.4 Å². The van der Waals surface area contributed by atoms with E-state index in [4.69, 9.17) is 9.84 Å². The molecule has 20 heavy (non-hydrogen) atoms. The molecule has 2 heterocycles. The summed E-state index contributed by atoms with van der Waals surface area (Å²) in [7, 11) is 0. The number of nitrogens with one attached hydrogen (secondary N) is 2. The molecule has 1 saturated heterocycles. The van der Waals surface area contributed by atoms with E-state index >= 15 is 0 Å². The van der Waals surface area contributed by atoms with Gasteiger partial charge in [-0.25, -0.2) is 4.79 Å². The molecule has 3 N–H and O–H groups in total. The summed E-state index contributed by atoms with van der Waals surface area (Å²) in [5.74, 6) is -1.55. The van der Waals surface area contributed by atoms with Gasteiger partial charge in [-0.05, 0) is 0 Å². The van der Waals surface area contributed by atoms with Crippen molar-refractivity contribution in [1.82, 2.24) is 14.9 Å². The first kappa shape index (κ1) is 14.0. The number of carbonyl (C=O) groups is 2. The number of nitrogens with zero attached hydrogens (tertiary/aromatic N) is 1. The predicted octanol–water partition coefficient (Wildman–Crippen LogP) is -1.62. The zero-order valence-corrected chi connectivity index (χ0v) is 10.4. The van der Waals surface area contributed by atoms with Crippen molar-refractivity contribution in [2.75, 3.05) is 19.7 Å². The summed E-state index contributed by atoms with van der Waals surface area (Å²) in [4.78, 5) is 50.6. The Morgan fingerprint density at radius 1 is 1.40 bits per heavy atom. The predicted molar refractivity (Wildman–Crippen MR) is 65.6 cm³/mol. The fourth-order valence-electron chi connectivity index (χ4n) is 1.98. The Bertz CT molecular complexity index is 605. The topological polar surface area (TPSA) is 133 Å². The van der Waals surface area contributed by atoms with Gasteiger partial charge in [-0.2, -0.15) is 0 Å². The normalized spacial score (nSPS) is 18.8. The lowest BCUT2D eigenvalue weighted by Gasteiger charge is -2.32. The molecule has 1 atom stereocenters. The van der Waals surface area contributed by atoms with Crippen LogP contribution >= 0.6 is 0 Å². The monoisotopic (exact) mass is 283 g/mol. The zero-order valence-electron chi connectivity index (χ0n) is 10.4. The molecule has 0 bridgehead atoms. The average molecular weight is 283 g/mol. The van der Waals surface area contributed by atoms with Gasteiger partial charge in [0.15, 0.2) is 0 Å². The van der Waals surface area contributed by atoms with Crippen molar-refractivity contribution in [3.63, 3.8) is 0 Å². The van der Waals surface area contributed by atoms with Gasteiger partial charge in [0.25, 0.3) is 11.5 Å². The van der Waals surface area contributed by atoms with E-state index in [0.29, 0.717) is 0 Å². The number of rotatable bonds is 3. The van der Waals surface area contributed by atoms with Gasteiger partial charge in [0.05, 0.1) is 19.1 Å². The van der Waals surface area contributed by atoms with Crippen LogP contribution in [-0.2, 0) is 9.53 Å². The first-order chi connectivity index (χ1) is 9.45. The molecule has 1 fully saturated rings. The van der Waals surface area contributed by atoms with Crippen LogP contribution in [0.4, 0.5) is 0 Å². The Balaban J connectivity index is 2.14. The highest BCUT2D eigenvalue weighted by Gasteiger charge is 2.27. The van der Waals surface area contributed by atoms with Gasteiger partial charge < -0.3 is 19.7 Å². The van der Waals surface area contributed by atoms with Gasteiger partial charge in [-0.1, -0.05) is 0 Å². The number of aromatic amines is 2. The summed E-state index contributed by atoms with van der Waals surface area (Å²) in [5.41, 5.74) is -1.57. The van der Waals surface area contributed by atoms with Crippen molar-refractivity contribution in [2.45, 2.75) is 12.5 Å². The summed E-state index contributed by atoms with van der Waals surface area (Å²) >= 11 is 0.